The maximum atomic E-state index is 12.0. The second-order valence-electron chi connectivity index (χ2n) is 1.95. The van der Waals surface area contributed by atoms with Gasteiger partial charge in [-0.05, 0) is 0 Å². The summed E-state index contributed by atoms with van der Waals surface area (Å²) in [6, 6.07) is 0. The SMILES string of the molecule is O=CC(C(F)(F)F)C(F)(F)C=O. The van der Waals surface area contributed by atoms with Gasteiger partial charge in [0.25, 0.3) is 0 Å². The molecule has 0 radical (unpaired) electrons. The molecular formula is C5H3F5O2. The van der Waals surface area contributed by atoms with Crippen molar-refractivity contribution in [1.82, 2.24) is 0 Å². The number of halogens is 5. The van der Waals surface area contributed by atoms with Crippen molar-refractivity contribution in [3.63, 3.8) is 0 Å². The molecule has 70 valence electrons. The van der Waals surface area contributed by atoms with Crippen LogP contribution in [0.25, 0.3) is 0 Å². The van der Waals surface area contributed by atoms with Gasteiger partial charge >= 0.3 is 12.1 Å². The first kappa shape index (κ1) is 11.0. The van der Waals surface area contributed by atoms with E-state index < -0.39 is 30.6 Å². The fourth-order valence-electron chi connectivity index (χ4n) is 0.459. The lowest BCUT2D eigenvalue weighted by atomic mass is 10.0. The molecule has 0 fully saturated rings. The zero-order valence-corrected chi connectivity index (χ0v) is 5.44. The van der Waals surface area contributed by atoms with Crippen molar-refractivity contribution in [3.05, 3.63) is 0 Å². The molecule has 0 aliphatic carbocycles. The lowest BCUT2D eigenvalue weighted by Crippen LogP contribution is -2.41. The molecule has 0 spiro atoms. The highest BCUT2D eigenvalue weighted by atomic mass is 19.4. The van der Waals surface area contributed by atoms with Gasteiger partial charge in [-0.15, -0.1) is 0 Å². The Bertz CT molecular complexity index is 185. The predicted octanol–water partition coefficient (Wildman–Crippen LogP) is 1.20. The Balaban J connectivity index is 4.79. The Hall–Kier alpha value is -1.01. The van der Waals surface area contributed by atoms with E-state index >= 15 is 0 Å². The van der Waals surface area contributed by atoms with Crippen molar-refractivity contribution in [2.45, 2.75) is 12.1 Å². The fourth-order valence-corrected chi connectivity index (χ4v) is 0.459. The Morgan fingerprint density at radius 2 is 1.42 bits per heavy atom. The zero-order valence-electron chi connectivity index (χ0n) is 5.44. The number of hydrogen-bond donors (Lipinski definition) is 0. The third-order valence-corrected chi connectivity index (χ3v) is 1.06. The van der Waals surface area contributed by atoms with Crippen molar-refractivity contribution < 1.29 is 31.5 Å². The lowest BCUT2D eigenvalue weighted by molar-refractivity contribution is -0.221. The number of alkyl halides is 5. The van der Waals surface area contributed by atoms with Crippen LogP contribution in [0.5, 0.6) is 0 Å². The molecule has 0 rings (SSSR count). The van der Waals surface area contributed by atoms with Crippen molar-refractivity contribution in [1.29, 1.82) is 0 Å². The fraction of sp³-hybridized carbons (Fsp3) is 0.600. The highest BCUT2D eigenvalue weighted by Gasteiger charge is 2.55. The molecule has 0 heterocycles. The van der Waals surface area contributed by atoms with E-state index in [0.717, 1.165) is 0 Å². The van der Waals surface area contributed by atoms with E-state index in [1.54, 1.807) is 0 Å². The van der Waals surface area contributed by atoms with Crippen LogP contribution < -0.4 is 0 Å². The van der Waals surface area contributed by atoms with Gasteiger partial charge in [-0.2, -0.15) is 22.0 Å². The van der Waals surface area contributed by atoms with Gasteiger partial charge in [0.1, 0.15) is 6.29 Å². The normalized spacial score (nSPS) is 15.4. The van der Waals surface area contributed by atoms with Crippen LogP contribution >= 0.6 is 0 Å². The van der Waals surface area contributed by atoms with Gasteiger partial charge in [0.15, 0.2) is 12.2 Å². The Morgan fingerprint density at radius 3 is 1.50 bits per heavy atom. The van der Waals surface area contributed by atoms with E-state index in [4.69, 9.17) is 0 Å². The Morgan fingerprint density at radius 1 is 1.00 bits per heavy atom. The molecule has 0 aromatic carbocycles. The van der Waals surface area contributed by atoms with Crippen LogP contribution in [0, 0.1) is 5.92 Å². The first-order valence-corrected chi connectivity index (χ1v) is 2.62. The molecule has 12 heavy (non-hydrogen) atoms. The van der Waals surface area contributed by atoms with E-state index in [9.17, 15) is 31.5 Å². The van der Waals surface area contributed by atoms with Crippen LogP contribution in [0.1, 0.15) is 0 Å². The van der Waals surface area contributed by atoms with Crippen LogP contribution in [-0.4, -0.2) is 24.7 Å². The minimum Gasteiger partial charge on any atom is -0.302 e. The average Bonchev–Trinajstić information content (AvgIpc) is 1.85. The summed E-state index contributed by atoms with van der Waals surface area (Å²) in [5.41, 5.74) is 0. The molecule has 7 heteroatoms. The quantitative estimate of drug-likeness (QED) is 0.495. The number of carbonyl (C=O) groups is 2. The molecule has 0 amide bonds. The van der Waals surface area contributed by atoms with Gasteiger partial charge in [-0.1, -0.05) is 0 Å². The maximum absolute atomic E-state index is 12.0. The van der Waals surface area contributed by atoms with Crippen LogP contribution in [0.4, 0.5) is 22.0 Å². The topological polar surface area (TPSA) is 34.1 Å². The zero-order chi connectivity index (χ0) is 9.99. The second kappa shape index (κ2) is 3.16. The molecule has 0 saturated carbocycles. The van der Waals surface area contributed by atoms with Gasteiger partial charge in [-0.25, -0.2) is 0 Å². The molecule has 0 bridgehead atoms. The van der Waals surface area contributed by atoms with Gasteiger partial charge in [-0.3, -0.25) is 4.79 Å². The number of aldehydes is 2. The first-order valence-electron chi connectivity index (χ1n) is 2.62. The van der Waals surface area contributed by atoms with Crippen molar-refractivity contribution >= 4 is 12.6 Å². The standard InChI is InChI=1S/C5H3F5O2/c6-4(7,2-12)3(1-11)5(8,9)10/h1-3H. The average molecular weight is 190 g/mol. The summed E-state index contributed by atoms with van der Waals surface area (Å²) in [4.78, 5) is 19.1. The van der Waals surface area contributed by atoms with E-state index in [0.29, 0.717) is 0 Å². The molecular weight excluding hydrogens is 187 g/mol. The molecule has 0 aromatic heterocycles. The summed E-state index contributed by atoms with van der Waals surface area (Å²) in [5.74, 6) is -8.23. The molecule has 0 aromatic rings. The predicted molar refractivity (Wildman–Crippen MR) is 26.6 cm³/mol. The lowest BCUT2D eigenvalue weighted by Gasteiger charge is -2.18. The molecule has 0 N–H and O–H groups in total. The van der Waals surface area contributed by atoms with Gasteiger partial charge in [0, 0.05) is 0 Å². The number of rotatable bonds is 3. The minimum atomic E-state index is -5.40. The van der Waals surface area contributed by atoms with Crippen LogP contribution in [0.2, 0.25) is 0 Å². The van der Waals surface area contributed by atoms with Crippen molar-refractivity contribution in [2.75, 3.05) is 0 Å². The summed E-state index contributed by atoms with van der Waals surface area (Å²) in [6.45, 7) is 0. The third-order valence-electron chi connectivity index (χ3n) is 1.06. The Kier molecular flexibility index (Phi) is 2.89. The van der Waals surface area contributed by atoms with Gasteiger partial charge in [0.05, 0.1) is 0 Å². The summed E-state index contributed by atoms with van der Waals surface area (Å²) >= 11 is 0. The largest absolute Gasteiger partial charge is 0.404 e. The molecule has 0 aliphatic rings. The number of hydrogen-bond acceptors (Lipinski definition) is 2. The third kappa shape index (κ3) is 2.24. The number of carbonyl (C=O) groups excluding carboxylic acids is 2. The van der Waals surface area contributed by atoms with E-state index in [1.807, 2.05) is 0 Å². The van der Waals surface area contributed by atoms with Crippen LogP contribution in [0.3, 0.4) is 0 Å². The smallest absolute Gasteiger partial charge is 0.302 e. The molecule has 2 nitrogen and oxygen atoms in total. The summed E-state index contributed by atoms with van der Waals surface area (Å²) in [5, 5.41) is 0. The minimum absolute atomic E-state index is 0.992. The highest BCUT2D eigenvalue weighted by molar-refractivity contribution is 5.70. The Labute approximate surface area is 63.3 Å². The monoisotopic (exact) mass is 190 g/mol. The second-order valence-corrected chi connectivity index (χ2v) is 1.95. The van der Waals surface area contributed by atoms with Crippen LogP contribution in [-0.2, 0) is 9.59 Å². The van der Waals surface area contributed by atoms with E-state index in [1.165, 1.54) is 0 Å². The molecule has 1 unspecified atom stereocenters. The van der Waals surface area contributed by atoms with Crippen molar-refractivity contribution in [2.24, 2.45) is 5.92 Å². The highest BCUT2D eigenvalue weighted by Crippen LogP contribution is 2.35. The van der Waals surface area contributed by atoms with Gasteiger partial charge in [0.2, 0.25) is 0 Å². The van der Waals surface area contributed by atoms with E-state index in [-0.39, 0.29) is 0 Å². The maximum Gasteiger partial charge on any atom is 0.404 e. The summed E-state index contributed by atoms with van der Waals surface area (Å²) in [6.07, 6.45) is -7.58. The van der Waals surface area contributed by atoms with Gasteiger partial charge < -0.3 is 4.79 Å². The molecule has 0 saturated heterocycles. The summed E-state index contributed by atoms with van der Waals surface area (Å²) < 4.78 is 58.6. The first-order chi connectivity index (χ1) is 5.25. The summed E-state index contributed by atoms with van der Waals surface area (Å²) in [7, 11) is 0. The molecule has 1 atom stereocenters. The van der Waals surface area contributed by atoms with Crippen LogP contribution in [0.15, 0.2) is 0 Å². The van der Waals surface area contributed by atoms with Crippen molar-refractivity contribution in [3.8, 4) is 0 Å². The molecule has 0 aliphatic heterocycles. The van der Waals surface area contributed by atoms with E-state index in [2.05, 4.69) is 0 Å².